The molecule has 0 aromatic heterocycles. The fourth-order valence-corrected chi connectivity index (χ4v) is 2.98. The molecule has 1 unspecified atom stereocenters. The Balaban J connectivity index is 1.57. The van der Waals surface area contributed by atoms with Gasteiger partial charge in [-0.2, -0.15) is 0 Å². The minimum Gasteiger partial charge on any atom is -0.381 e. The predicted octanol–water partition coefficient (Wildman–Crippen LogP) is 2.43. The molecule has 1 amide bonds. The Bertz CT molecular complexity index is 413. The largest absolute Gasteiger partial charge is 0.381 e. The van der Waals surface area contributed by atoms with Crippen LogP contribution in [0.4, 0.5) is 5.69 Å². The second kappa shape index (κ2) is 5.01. The van der Waals surface area contributed by atoms with Crippen LogP contribution in [0, 0.1) is 0 Å². The molecule has 2 aliphatic rings. The maximum atomic E-state index is 12.2. The van der Waals surface area contributed by atoms with Gasteiger partial charge < -0.3 is 10.2 Å². The Morgan fingerprint density at radius 3 is 2.78 bits per heavy atom. The van der Waals surface area contributed by atoms with Crippen molar-refractivity contribution in [2.24, 2.45) is 0 Å². The number of hydrogen-bond donors (Lipinski definition) is 1. The van der Waals surface area contributed by atoms with Gasteiger partial charge in [0.05, 0.1) is 0 Å². The summed E-state index contributed by atoms with van der Waals surface area (Å²) in [4.78, 5) is 14.2. The number of nitrogens with one attached hydrogen (secondary N) is 1. The minimum absolute atomic E-state index is 0.289. The van der Waals surface area contributed by atoms with Crippen molar-refractivity contribution in [3.05, 3.63) is 29.8 Å². The summed E-state index contributed by atoms with van der Waals surface area (Å²) in [5, 5.41) is 3.46. The molecule has 1 aromatic carbocycles. The van der Waals surface area contributed by atoms with Gasteiger partial charge in [-0.1, -0.05) is 18.2 Å². The van der Waals surface area contributed by atoms with Crippen molar-refractivity contribution in [2.45, 2.75) is 38.1 Å². The molecule has 0 spiro atoms. The number of likely N-dealkylation sites (tertiary alicyclic amines) is 1. The maximum Gasteiger partial charge on any atom is 0.224 e. The minimum atomic E-state index is 0.289. The SMILES string of the molecule is O=C(CC1Cc2ccccc2N1)N1CCCCC1. The maximum absolute atomic E-state index is 12.2. The van der Waals surface area contributed by atoms with Crippen molar-refractivity contribution in [3.63, 3.8) is 0 Å². The number of hydrogen-bond acceptors (Lipinski definition) is 2. The first kappa shape index (κ1) is 11.6. The van der Waals surface area contributed by atoms with E-state index in [0.29, 0.717) is 12.3 Å². The third-order valence-corrected chi connectivity index (χ3v) is 3.97. The van der Waals surface area contributed by atoms with E-state index in [1.54, 1.807) is 0 Å². The van der Waals surface area contributed by atoms with Crippen LogP contribution in [0.5, 0.6) is 0 Å². The van der Waals surface area contributed by atoms with E-state index in [-0.39, 0.29) is 6.04 Å². The van der Waals surface area contributed by atoms with E-state index in [4.69, 9.17) is 0 Å². The molecule has 1 fully saturated rings. The van der Waals surface area contributed by atoms with Crippen LogP contribution in [0.3, 0.4) is 0 Å². The fourth-order valence-electron chi connectivity index (χ4n) is 2.98. The molecule has 1 atom stereocenters. The number of para-hydroxylation sites is 1. The van der Waals surface area contributed by atoms with Crippen molar-refractivity contribution in [1.82, 2.24) is 4.90 Å². The molecule has 0 radical (unpaired) electrons. The number of benzene rings is 1. The summed E-state index contributed by atoms with van der Waals surface area (Å²) in [6.07, 6.45) is 5.23. The molecule has 3 rings (SSSR count). The molecule has 1 aromatic rings. The molecule has 0 bridgehead atoms. The van der Waals surface area contributed by atoms with E-state index in [0.717, 1.165) is 19.5 Å². The summed E-state index contributed by atoms with van der Waals surface area (Å²) in [6, 6.07) is 8.64. The summed E-state index contributed by atoms with van der Waals surface area (Å²) < 4.78 is 0. The Morgan fingerprint density at radius 1 is 1.22 bits per heavy atom. The van der Waals surface area contributed by atoms with Crippen molar-refractivity contribution >= 4 is 11.6 Å². The first-order valence-electron chi connectivity index (χ1n) is 6.95. The quantitative estimate of drug-likeness (QED) is 0.866. The molecule has 1 N–H and O–H groups in total. The molecular weight excluding hydrogens is 224 g/mol. The smallest absolute Gasteiger partial charge is 0.224 e. The van der Waals surface area contributed by atoms with Crippen molar-refractivity contribution < 1.29 is 4.79 Å². The predicted molar refractivity (Wildman–Crippen MR) is 72.6 cm³/mol. The van der Waals surface area contributed by atoms with Gasteiger partial charge in [0.15, 0.2) is 0 Å². The van der Waals surface area contributed by atoms with Gasteiger partial charge in [-0.3, -0.25) is 4.79 Å². The Hall–Kier alpha value is -1.51. The zero-order valence-corrected chi connectivity index (χ0v) is 10.7. The van der Waals surface area contributed by atoms with Crippen LogP contribution in [-0.2, 0) is 11.2 Å². The van der Waals surface area contributed by atoms with Crippen molar-refractivity contribution in [2.75, 3.05) is 18.4 Å². The van der Waals surface area contributed by atoms with Crippen LogP contribution < -0.4 is 5.32 Å². The van der Waals surface area contributed by atoms with E-state index < -0.39 is 0 Å². The molecule has 2 aliphatic heterocycles. The third kappa shape index (κ3) is 2.35. The van der Waals surface area contributed by atoms with Crippen molar-refractivity contribution in [1.29, 1.82) is 0 Å². The average molecular weight is 244 g/mol. The van der Waals surface area contributed by atoms with Crippen LogP contribution in [0.15, 0.2) is 24.3 Å². The highest BCUT2D eigenvalue weighted by Gasteiger charge is 2.25. The van der Waals surface area contributed by atoms with E-state index >= 15 is 0 Å². The lowest BCUT2D eigenvalue weighted by Crippen LogP contribution is -2.38. The molecule has 0 aliphatic carbocycles. The summed E-state index contributed by atoms with van der Waals surface area (Å²) >= 11 is 0. The molecule has 18 heavy (non-hydrogen) atoms. The van der Waals surface area contributed by atoms with Crippen LogP contribution in [0.2, 0.25) is 0 Å². The molecule has 1 saturated heterocycles. The number of carbonyl (C=O) groups excluding carboxylic acids is 1. The van der Waals surface area contributed by atoms with Gasteiger partial charge in [0, 0.05) is 31.2 Å². The number of carbonyl (C=O) groups is 1. The van der Waals surface area contributed by atoms with Gasteiger partial charge in [-0.25, -0.2) is 0 Å². The lowest BCUT2D eigenvalue weighted by atomic mass is 10.1. The van der Waals surface area contributed by atoms with Crippen LogP contribution in [0.1, 0.15) is 31.2 Å². The molecule has 3 heteroatoms. The Labute approximate surface area is 108 Å². The summed E-state index contributed by atoms with van der Waals surface area (Å²) in [5.41, 5.74) is 2.54. The van der Waals surface area contributed by atoms with E-state index in [1.165, 1.54) is 30.5 Å². The van der Waals surface area contributed by atoms with Gasteiger partial charge in [-0.15, -0.1) is 0 Å². The first-order valence-corrected chi connectivity index (χ1v) is 6.95. The van der Waals surface area contributed by atoms with Crippen LogP contribution in [0.25, 0.3) is 0 Å². The second-order valence-corrected chi connectivity index (χ2v) is 5.35. The van der Waals surface area contributed by atoms with Gasteiger partial charge >= 0.3 is 0 Å². The van der Waals surface area contributed by atoms with E-state index in [1.807, 2.05) is 11.0 Å². The molecule has 3 nitrogen and oxygen atoms in total. The number of amides is 1. The lowest BCUT2D eigenvalue weighted by Gasteiger charge is -2.27. The van der Waals surface area contributed by atoms with Crippen LogP contribution in [-0.4, -0.2) is 29.9 Å². The van der Waals surface area contributed by atoms with Gasteiger partial charge in [0.25, 0.3) is 0 Å². The lowest BCUT2D eigenvalue weighted by molar-refractivity contribution is -0.132. The number of anilines is 1. The average Bonchev–Trinajstić information content (AvgIpc) is 2.82. The highest BCUT2D eigenvalue weighted by Crippen LogP contribution is 2.27. The third-order valence-electron chi connectivity index (χ3n) is 3.97. The normalized spacial score (nSPS) is 22.4. The molecular formula is C15H20N2O. The topological polar surface area (TPSA) is 32.3 Å². The van der Waals surface area contributed by atoms with Crippen LogP contribution >= 0.6 is 0 Å². The molecule has 0 saturated carbocycles. The standard InChI is InChI=1S/C15H20N2O/c18-15(17-8-4-1-5-9-17)11-13-10-12-6-2-3-7-14(12)16-13/h2-3,6-7,13,16H,1,4-5,8-11H2. The summed E-state index contributed by atoms with van der Waals surface area (Å²) in [7, 11) is 0. The van der Waals surface area contributed by atoms with E-state index in [2.05, 4.69) is 23.5 Å². The second-order valence-electron chi connectivity index (χ2n) is 5.35. The Morgan fingerprint density at radius 2 is 2.00 bits per heavy atom. The number of rotatable bonds is 2. The Kier molecular flexibility index (Phi) is 3.22. The van der Waals surface area contributed by atoms with Crippen molar-refractivity contribution in [3.8, 4) is 0 Å². The first-order chi connectivity index (χ1) is 8.83. The summed E-state index contributed by atoms with van der Waals surface area (Å²) in [5.74, 6) is 0.319. The monoisotopic (exact) mass is 244 g/mol. The molecule has 96 valence electrons. The zero-order valence-electron chi connectivity index (χ0n) is 10.7. The van der Waals surface area contributed by atoms with Gasteiger partial charge in [-0.05, 0) is 37.3 Å². The van der Waals surface area contributed by atoms with Gasteiger partial charge in [0.1, 0.15) is 0 Å². The fraction of sp³-hybridized carbons (Fsp3) is 0.533. The summed E-state index contributed by atoms with van der Waals surface area (Å²) in [6.45, 7) is 1.91. The van der Waals surface area contributed by atoms with E-state index in [9.17, 15) is 4.79 Å². The van der Waals surface area contributed by atoms with Gasteiger partial charge in [0.2, 0.25) is 5.91 Å². The molecule has 2 heterocycles. The number of fused-ring (bicyclic) bond motifs is 1. The number of nitrogens with zero attached hydrogens (tertiary/aromatic N) is 1. The highest BCUT2D eigenvalue weighted by molar-refractivity contribution is 5.78. The highest BCUT2D eigenvalue weighted by atomic mass is 16.2. The number of piperidine rings is 1. The zero-order chi connectivity index (χ0) is 12.4.